The van der Waals surface area contributed by atoms with Crippen LogP contribution in [0.15, 0.2) is 24.4 Å². The largest absolute Gasteiger partial charge is 0.462 e. The van der Waals surface area contributed by atoms with Crippen LogP contribution < -0.4 is 4.90 Å². The number of hydrogen-bond donors (Lipinski definition) is 0. The Bertz CT molecular complexity index is 838. The van der Waals surface area contributed by atoms with Crippen molar-refractivity contribution in [3.8, 4) is 0 Å². The fourth-order valence-electron chi connectivity index (χ4n) is 4.10. The van der Waals surface area contributed by atoms with Crippen molar-refractivity contribution >= 4 is 22.6 Å². The van der Waals surface area contributed by atoms with Crippen molar-refractivity contribution in [3.05, 3.63) is 35.5 Å². The van der Waals surface area contributed by atoms with E-state index in [-0.39, 0.29) is 12.1 Å². The average molecular weight is 355 g/mol. The van der Waals surface area contributed by atoms with Crippen LogP contribution in [0.25, 0.3) is 10.9 Å². The van der Waals surface area contributed by atoms with E-state index in [4.69, 9.17) is 9.47 Å². The van der Waals surface area contributed by atoms with Gasteiger partial charge in [0.1, 0.15) is 5.56 Å². The number of ether oxygens (including phenoxy) is 2. The summed E-state index contributed by atoms with van der Waals surface area (Å²) in [5, 5.41) is 0.997. The molecule has 0 spiro atoms. The van der Waals surface area contributed by atoms with Gasteiger partial charge in [-0.1, -0.05) is 18.2 Å². The molecule has 0 bridgehead atoms. The number of esters is 1. The number of anilines is 1. The first-order valence-electron chi connectivity index (χ1n) is 9.22. The van der Waals surface area contributed by atoms with Gasteiger partial charge < -0.3 is 14.4 Å². The number of fused-ring (bicyclic) bond motifs is 2. The molecule has 0 amide bonds. The van der Waals surface area contributed by atoms with Gasteiger partial charge in [-0.05, 0) is 26.5 Å². The van der Waals surface area contributed by atoms with Crippen molar-refractivity contribution in [2.75, 3.05) is 44.8 Å². The van der Waals surface area contributed by atoms with E-state index in [0.29, 0.717) is 18.2 Å². The first-order chi connectivity index (χ1) is 12.6. The van der Waals surface area contributed by atoms with Crippen LogP contribution in [-0.2, 0) is 9.47 Å². The summed E-state index contributed by atoms with van der Waals surface area (Å²) in [7, 11) is 2.14. The van der Waals surface area contributed by atoms with Crippen LogP contribution >= 0.6 is 0 Å². The number of aromatic nitrogens is 1. The summed E-state index contributed by atoms with van der Waals surface area (Å²) in [5.74, 6) is -0.317. The minimum atomic E-state index is -0.317. The molecule has 2 unspecified atom stereocenters. The second-order valence-corrected chi connectivity index (χ2v) is 7.07. The van der Waals surface area contributed by atoms with Gasteiger partial charge in [0, 0.05) is 31.2 Å². The van der Waals surface area contributed by atoms with E-state index < -0.39 is 0 Å². The van der Waals surface area contributed by atoms with Crippen LogP contribution in [0.2, 0.25) is 0 Å². The third kappa shape index (κ3) is 2.83. The summed E-state index contributed by atoms with van der Waals surface area (Å²) in [6, 6.07) is 6.44. The number of pyridine rings is 1. The molecule has 0 radical (unpaired) electrons. The lowest BCUT2D eigenvalue weighted by Gasteiger charge is -2.33. The van der Waals surface area contributed by atoms with Gasteiger partial charge in [0.2, 0.25) is 0 Å². The van der Waals surface area contributed by atoms with Crippen molar-refractivity contribution in [2.24, 2.45) is 0 Å². The Balaban J connectivity index is 1.82. The number of aryl methyl sites for hydroxylation is 1. The SMILES string of the molecule is CCOC(=O)c1cnc2c(C)cccc2c1N1CC2OCCN(C)C2C1. The summed E-state index contributed by atoms with van der Waals surface area (Å²) in [4.78, 5) is 21.8. The summed E-state index contributed by atoms with van der Waals surface area (Å²) >= 11 is 0. The fraction of sp³-hybridized carbons (Fsp3) is 0.500. The quantitative estimate of drug-likeness (QED) is 0.787. The highest BCUT2D eigenvalue weighted by atomic mass is 16.5. The number of carbonyl (C=O) groups is 1. The lowest BCUT2D eigenvalue weighted by molar-refractivity contribution is -0.0362. The van der Waals surface area contributed by atoms with E-state index in [1.54, 1.807) is 6.20 Å². The zero-order chi connectivity index (χ0) is 18.3. The highest BCUT2D eigenvalue weighted by Gasteiger charge is 2.40. The highest BCUT2D eigenvalue weighted by molar-refractivity contribution is 6.06. The molecule has 0 N–H and O–H groups in total. The van der Waals surface area contributed by atoms with E-state index in [1.807, 2.05) is 32.0 Å². The molecular weight excluding hydrogens is 330 g/mol. The van der Waals surface area contributed by atoms with Crippen molar-refractivity contribution in [2.45, 2.75) is 26.0 Å². The molecule has 2 aliphatic rings. The molecule has 3 heterocycles. The number of likely N-dealkylation sites (N-methyl/N-ethyl adjacent to an activating group) is 1. The molecule has 0 saturated carbocycles. The zero-order valence-corrected chi connectivity index (χ0v) is 15.6. The molecule has 0 aliphatic carbocycles. The van der Waals surface area contributed by atoms with E-state index in [1.165, 1.54) is 0 Å². The zero-order valence-electron chi connectivity index (χ0n) is 15.6. The monoisotopic (exact) mass is 355 g/mol. The van der Waals surface area contributed by atoms with Crippen molar-refractivity contribution in [3.63, 3.8) is 0 Å². The number of para-hydroxylation sites is 1. The molecule has 2 saturated heterocycles. The smallest absolute Gasteiger partial charge is 0.341 e. The molecule has 4 rings (SSSR count). The van der Waals surface area contributed by atoms with Crippen LogP contribution in [0.1, 0.15) is 22.8 Å². The molecule has 6 heteroatoms. The molecule has 2 atom stereocenters. The Morgan fingerprint density at radius 1 is 1.38 bits per heavy atom. The minimum absolute atomic E-state index is 0.164. The second kappa shape index (κ2) is 6.85. The number of rotatable bonds is 3. The summed E-state index contributed by atoms with van der Waals surface area (Å²) in [6.07, 6.45) is 1.83. The molecule has 2 aliphatic heterocycles. The molecule has 1 aromatic carbocycles. The van der Waals surface area contributed by atoms with Crippen molar-refractivity contribution in [1.29, 1.82) is 0 Å². The predicted molar refractivity (Wildman–Crippen MR) is 101 cm³/mol. The van der Waals surface area contributed by atoms with E-state index >= 15 is 0 Å². The van der Waals surface area contributed by atoms with E-state index in [9.17, 15) is 4.79 Å². The fourth-order valence-corrected chi connectivity index (χ4v) is 4.10. The topological polar surface area (TPSA) is 54.9 Å². The van der Waals surface area contributed by atoms with Crippen LogP contribution in [0.4, 0.5) is 5.69 Å². The Morgan fingerprint density at radius 2 is 2.23 bits per heavy atom. The maximum absolute atomic E-state index is 12.6. The van der Waals surface area contributed by atoms with Crippen LogP contribution in [-0.4, -0.2) is 67.9 Å². The Labute approximate surface area is 153 Å². The lowest BCUT2D eigenvalue weighted by atomic mass is 10.1. The molecule has 2 fully saturated rings. The van der Waals surface area contributed by atoms with Gasteiger partial charge in [-0.3, -0.25) is 9.88 Å². The number of carbonyl (C=O) groups excluding carboxylic acids is 1. The van der Waals surface area contributed by atoms with E-state index in [0.717, 1.165) is 48.4 Å². The molecule has 26 heavy (non-hydrogen) atoms. The van der Waals surface area contributed by atoms with E-state index in [2.05, 4.69) is 21.8 Å². The Kier molecular flexibility index (Phi) is 4.54. The summed E-state index contributed by atoms with van der Waals surface area (Å²) in [5.41, 5.74) is 3.48. The second-order valence-electron chi connectivity index (χ2n) is 7.07. The number of nitrogens with zero attached hydrogens (tertiary/aromatic N) is 3. The Morgan fingerprint density at radius 3 is 3.00 bits per heavy atom. The lowest BCUT2D eigenvalue weighted by Crippen LogP contribution is -2.48. The minimum Gasteiger partial charge on any atom is -0.462 e. The van der Waals surface area contributed by atoms with Crippen molar-refractivity contribution < 1.29 is 14.3 Å². The molecule has 2 aromatic rings. The normalized spacial score (nSPS) is 23.3. The third-order valence-corrected chi connectivity index (χ3v) is 5.46. The maximum Gasteiger partial charge on any atom is 0.341 e. The van der Waals surface area contributed by atoms with Crippen LogP contribution in [0.3, 0.4) is 0 Å². The molecule has 1 aromatic heterocycles. The van der Waals surface area contributed by atoms with Gasteiger partial charge in [-0.2, -0.15) is 0 Å². The summed E-state index contributed by atoms with van der Waals surface area (Å²) < 4.78 is 11.3. The van der Waals surface area contributed by atoms with Crippen molar-refractivity contribution in [1.82, 2.24) is 9.88 Å². The van der Waals surface area contributed by atoms with Gasteiger partial charge >= 0.3 is 5.97 Å². The third-order valence-electron chi connectivity index (χ3n) is 5.46. The van der Waals surface area contributed by atoms with Crippen LogP contribution in [0.5, 0.6) is 0 Å². The first kappa shape index (κ1) is 17.2. The first-order valence-corrected chi connectivity index (χ1v) is 9.22. The average Bonchev–Trinajstić information content (AvgIpc) is 3.06. The van der Waals surface area contributed by atoms with Gasteiger partial charge in [-0.25, -0.2) is 4.79 Å². The maximum atomic E-state index is 12.6. The van der Waals surface area contributed by atoms with Crippen LogP contribution in [0, 0.1) is 6.92 Å². The van der Waals surface area contributed by atoms with Gasteiger partial charge in [0.15, 0.2) is 0 Å². The standard InChI is InChI=1S/C20H25N3O3/c1-4-25-20(24)15-10-21-18-13(2)6-5-7-14(18)19(15)23-11-16-17(12-23)26-9-8-22(16)3/h5-7,10,16-17H,4,8-9,11-12H2,1-3H3. The number of benzene rings is 1. The Hall–Kier alpha value is -2.18. The number of morpholine rings is 1. The molecular formula is C20H25N3O3. The van der Waals surface area contributed by atoms with Gasteiger partial charge in [-0.15, -0.1) is 0 Å². The summed E-state index contributed by atoms with van der Waals surface area (Å²) in [6.45, 7) is 7.52. The molecule has 138 valence electrons. The molecule has 6 nitrogen and oxygen atoms in total. The predicted octanol–water partition coefficient (Wildman–Crippen LogP) is 2.24. The number of hydrogen-bond acceptors (Lipinski definition) is 6. The van der Waals surface area contributed by atoms with Gasteiger partial charge in [0.05, 0.1) is 36.6 Å². The highest BCUT2D eigenvalue weighted by Crippen LogP contribution is 2.35. The van der Waals surface area contributed by atoms with Gasteiger partial charge in [0.25, 0.3) is 0 Å².